The van der Waals surface area contributed by atoms with Gasteiger partial charge in [0.2, 0.25) is 6.54 Å². The lowest BCUT2D eigenvalue weighted by Gasteiger charge is -2.17. The molecule has 0 bridgehead atoms. The van der Waals surface area contributed by atoms with Gasteiger partial charge in [-0.05, 0) is 43.2 Å². The number of H-pyrrole nitrogens is 1. The fourth-order valence-electron chi connectivity index (χ4n) is 3.20. The number of hydrogen-bond acceptors (Lipinski definition) is 4. The van der Waals surface area contributed by atoms with E-state index in [-0.39, 0.29) is 17.4 Å². The van der Waals surface area contributed by atoms with E-state index in [2.05, 4.69) is 4.98 Å². The van der Waals surface area contributed by atoms with Gasteiger partial charge >= 0.3 is 0 Å². The summed E-state index contributed by atoms with van der Waals surface area (Å²) < 4.78 is 11.3. The van der Waals surface area contributed by atoms with Crippen molar-refractivity contribution >= 4 is 10.9 Å². The lowest BCUT2D eigenvalue weighted by Crippen LogP contribution is -2.14. The van der Waals surface area contributed by atoms with Gasteiger partial charge in [0, 0.05) is 22.0 Å². The Morgan fingerprint density at radius 3 is 2.54 bits per heavy atom. The highest BCUT2D eigenvalue weighted by Gasteiger charge is 2.24. The first-order chi connectivity index (χ1) is 12.6. The number of ether oxygens (including phenoxy) is 2. The molecule has 0 saturated carbocycles. The summed E-state index contributed by atoms with van der Waals surface area (Å²) in [4.78, 5) is 14.3. The maximum absolute atomic E-state index is 11.3. The topological polar surface area (TPSA) is 77.4 Å². The normalized spacial score (nSPS) is 12.1. The number of hydrogen-bond donors (Lipinski definition) is 1. The molecule has 3 aromatic rings. The smallest absolute Gasteiger partial charge is 0.214 e. The molecular formula is C20H22N2O4. The molecule has 0 spiro atoms. The zero-order valence-electron chi connectivity index (χ0n) is 14.9. The first kappa shape index (κ1) is 17.8. The van der Waals surface area contributed by atoms with Crippen LogP contribution in [0, 0.1) is 10.1 Å². The summed E-state index contributed by atoms with van der Waals surface area (Å²) in [7, 11) is 0. The molecule has 0 saturated heterocycles. The van der Waals surface area contributed by atoms with Crippen LogP contribution in [0.25, 0.3) is 10.9 Å². The maximum atomic E-state index is 11.3. The van der Waals surface area contributed by atoms with Crippen LogP contribution in [0.1, 0.15) is 30.9 Å². The van der Waals surface area contributed by atoms with E-state index in [1.165, 1.54) is 0 Å². The molecule has 1 heterocycles. The third-order valence-corrected chi connectivity index (χ3v) is 4.30. The zero-order valence-corrected chi connectivity index (χ0v) is 14.9. The number of rotatable bonds is 8. The van der Waals surface area contributed by atoms with Crippen molar-refractivity contribution < 1.29 is 14.4 Å². The quantitative estimate of drug-likeness (QED) is 0.481. The summed E-state index contributed by atoms with van der Waals surface area (Å²) in [5, 5.41) is 12.3. The summed E-state index contributed by atoms with van der Waals surface area (Å²) >= 11 is 0. The Morgan fingerprint density at radius 2 is 1.81 bits per heavy atom. The van der Waals surface area contributed by atoms with Crippen molar-refractivity contribution in [1.82, 2.24) is 4.98 Å². The molecule has 1 aromatic heterocycles. The second kappa shape index (κ2) is 7.91. The predicted molar refractivity (Wildman–Crippen MR) is 101 cm³/mol. The van der Waals surface area contributed by atoms with Crippen molar-refractivity contribution in [2.75, 3.05) is 19.8 Å². The molecule has 0 aliphatic heterocycles. The molecular weight excluding hydrogens is 332 g/mol. The summed E-state index contributed by atoms with van der Waals surface area (Å²) in [5.74, 6) is 0.882. The van der Waals surface area contributed by atoms with Gasteiger partial charge in [-0.15, -0.1) is 0 Å². The largest absolute Gasteiger partial charge is 0.490 e. The third-order valence-electron chi connectivity index (χ3n) is 4.30. The van der Waals surface area contributed by atoms with E-state index in [1.54, 1.807) is 0 Å². The van der Waals surface area contributed by atoms with E-state index < -0.39 is 0 Å². The van der Waals surface area contributed by atoms with Crippen LogP contribution >= 0.6 is 0 Å². The van der Waals surface area contributed by atoms with Gasteiger partial charge in [0.15, 0.2) is 11.5 Å². The van der Waals surface area contributed by atoms with Gasteiger partial charge in [-0.1, -0.05) is 24.3 Å². The van der Waals surface area contributed by atoms with Crippen LogP contribution in [-0.4, -0.2) is 29.7 Å². The standard InChI is InChI=1S/C20H22N2O4/c1-3-25-19-10-9-14(11-20(19)26-4-2)17(13-22(23)24)16-12-21-18-8-6-5-7-15(16)18/h5-12,17,21H,3-4,13H2,1-2H3/t17-/m1/s1. The van der Waals surface area contributed by atoms with Crippen molar-refractivity contribution in [3.8, 4) is 11.5 Å². The van der Waals surface area contributed by atoms with Gasteiger partial charge in [-0.3, -0.25) is 10.1 Å². The van der Waals surface area contributed by atoms with Crippen molar-refractivity contribution in [2.45, 2.75) is 19.8 Å². The third kappa shape index (κ3) is 3.64. The van der Waals surface area contributed by atoms with E-state index >= 15 is 0 Å². The first-order valence-corrected chi connectivity index (χ1v) is 8.71. The van der Waals surface area contributed by atoms with Crippen LogP contribution in [0.5, 0.6) is 11.5 Å². The number of aromatic amines is 1. The maximum Gasteiger partial charge on any atom is 0.214 e. The predicted octanol–water partition coefficient (Wildman–Crippen LogP) is 4.37. The van der Waals surface area contributed by atoms with Crippen molar-refractivity contribution in [1.29, 1.82) is 0 Å². The number of benzene rings is 2. The lowest BCUT2D eigenvalue weighted by atomic mass is 9.90. The fraction of sp³-hybridized carbons (Fsp3) is 0.300. The average molecular weight is 354 g/mol. The molecule has 26 heavy (non-hydrogen) atoms. The van der Waals surface area contributed by atoms with E-state index in [1.807, 2.05) is 62.5 Å². The van der Waals surface area contributed by atoms with Gasteiger partial charge in [-0.2, -0.15) is 0 Å². The molecule has 6 nitrogen and oxygen atoms in total. The number of para-hydroxylation sites is 1. The summed E-state index contributed by atoms with van der Waals surface area (Å²) in [6.07, 6.45) is 1.86. The molecule has 2 aromatic carbocycles. The molecule has 6 heteroatoms. The summed E-state index contributed by atoms with van der Waals surface area (Å²) in [5.41, 5.74) is 2.70. The minimum atomic E-state index is -0.379. The first-order valence-electron chi connectivity index (χ1n) is 8.71. The number of fused-ring (bicyclic) bond motifs is 1. The second-order valence-corrected chi connectivity index (χ2v) is 5.93. The van der Waals surface area contributed by atoms with Crippen LogP contribution in [0.3, 0.4) is 0 Å². The number of nitrogens with zero attached hydrogens (tertiary/aromatic N) is 1. The van der Waals surface area contributed by atoms with Gasteiger partial charge in [0.1, 0.15) is 0 Å². The van der Waals surface area contributed by atoms with Crippen LogP contribution in [0.4, 0.5) is 0 Å². The molecule has 0 radical (unpaired) electrons. The minimum absolute atomic E-state index is 0.193. The van der Waals surface area contributed by atoms with Crippen LogP contribution in [0.15, 0.2) is 48.7 Å². The van der Waals surface area contributed by atoms with Gasteiger partial charge in [0.05, 0.1) is 19.1 Å². The Kier molecular flexibility index (Phi) is 5.41. The number of nitro groups is 1. The molecule has 0 unspecified atom stereocenters. The Bertz CT molecular complexity index is 904. The molecule has 0 amide bonds. The fourth-order valence-corrected chi connectivity index (χ4v) is 3.20. The van der Waals surface area contributed by atoms with Crippen molar-refractivity contribution in [3.05, 3.63) is 69.9 Å². The van der Waals surface area contributed by atoms with E-state index in [0.29, 0.717) is 24.7 Å². The number of aromatic nitrogens is 1. The van der Waals surface area contributed by atoms with E-state index in [0.717, 1.165) is 22.0 Å². The monoisotopic (exact) mass is 354 g/mol. The zero-order chi connectivity index (χ0) is 18.5. The molecule has 1 atom stereocenters. The Morgan fingerprint density at radius 1 is 1.08 bits per heavy atom. The average Bonchev–Trinajstić information content (AvgIpc) is 3.05. The molecule has 0 fully saturated rings. The molecule has 0 aliphatic rings. The summed E-state index contributed by atoms with van der Waals surface area (Å²) in [6.45, 7) is 4.64. The van der Waals surface area contributed by atoms with E-state index in [4.69, 9.17) is 9.47 Å². The Balaban J connectivity index is 2.08. The minimum Gasteiger partial charge on any atom is -0.490 e. The lowest BCUT2D eigenvalue weighted by molar-refractivity contribution is -0.481. The van der Waals surface area contributed by atoms with E-state index in [9.17, 15) is 10.1 Å². The van der Waals surface area contributed by atoms with Crippen LogP contribution in [-0.2, 0) is 0 Å². The molecule has 136 valence electrons. The SMILES string of the molecule is CCOc1ccc([C@@H](C[N+](=O)[O-])c2c[nH]c3ccccc23)cc1OCC. The Hall–Kier alpha value is -3.02. The number of nitrogens with one attached hydrogen (secondary N) is 1. The highest BCUT2D eigenvalue weighted by Crippen LogP contribution is 2.36. The second-order valence-electron chi connectivity index (χ2n) is 5.93. The van der Waals surface area contributed by atoms with Crippen LogP contribution in [0.2, 0.25) is 0 Å². The Labute approximate surface area is 151 Å². The van der Waals surface area contributed by atoms with Crippen molar-refractivity contribution in [2.24, 2.45) is 0 Å². The molecule has 1 N–H and O–H groups in total. The van der Waals surface area contributed by atoms with Crippen molar-refractivity contribution in [3.63, 3.8) is 0 Å². The molecule has 3 rings (SSSR count). The van der Waals surface area contributed by atoms with Gasteiger partial charge in [0.25, 0.3) is 0 Å². The van der Waals surface area contributed by atoms with Gasteiger partial charge in [-0.25, -0.2) is 0 Å². The highest BCUT2D eigenvalue weighted by atomic mass is 16.6. The molecule has 0 aliphatic carbocycles. The highest BCUT2D eigenvalue weighted by molar-refractivity contribution is 5.84. The van der Waals surface area contributed by atoms with Gasteiger partial charge < -0.3 is 14.5 Å². The summed E-state index contributed by atoms with van der Waals surface area (Å²) in [6, 6.07) is 13.4. The van der Waals surface area contributed by atoms with Crippen LogP contribution < -0.4 is 9.47 Å².